The zero-order chi connectivity index (χ0) is 12.3. The number of esters is 1. The van der Waals surface area contributed by atoms with Gasteiger partial charge in [0, 0.05) is 6.42 Å². The van der Waals surface area contributed by atoms with Gasteiger partial charge in [0.25, 0.3) is 0 Å². The Balaban J connectivity index is 2.19. The van der Waals surface area contributed by atoms with Crippen LogP contribution in [0, 0.1) is 0 Å². The Hall–Kier alpha value is -1.46. The van der Waals surface area contributed by atoms with Gasteiger partial charge in [-0.3, -0.25) is 4.79 Å². The van der Waals surface area contributed by atoms with Crippen molar-refractivity contribution in [2.24, 2.45) is 0 Å². The topological polar surface area (TPSA) is 51.2 Å². The Morgan fingerprint density at radius 3 is 2.94 bits per heavy atom. The minimum Gasteiger partial charge on any atom is -0.468 e. The average Bonchev–Trinajstić information content (AvgIpc) is 2.77. The SMILES string of the molecule is CNC(Cc1nc2ccccc2s1)C(=O)OC. The summed E-state index contributed by atoms with van der Waals surface area (Å²) in [4.78, 5) is 15.9. The molecule has 1 N–H and O–H groups in total. The minimum atomic E-state index is -0.333. The minimum absolute atomic E-state index is 0.258. The zero-order valence-corrected chi connectivity index (χ0v) is 10.6. The van der Waals surface area contributed by atoms with Crippen LogP contribution < -0.4 is 5.32 Å². The van der Waals surface area contributed by atoms with E-state index < -0.39 is 0 Å². The van der Waals surface area contributed by atoms with Crippen LogP contribution in [0.3, 0.4) is 0 Å². The van der Waals surface area contributed by atoms with Crippen molar-refractivity contribution in [1.29, 1.82) is 0 Å². The fourth-order valence-corrected chi connectivity index (χ4v) is 2.64. The number of thiazole rings is 1. The fraction of sp³-hybridized carbons (Fsp3) is 0.333. The number of benzene rings is 1. The second kappa shape index (κ2) is 5.25. The fourth-order valence-electron chi connectivity index (χ4n) is 1.63. The third-order valence-corrected chi connectivity index (χ3v) is 3.61. The molecule has 0 spiro atoms. The summed E-state index contributed by atoms with van der Waals surface area (Å²) in [6.07, 6.45) is 0.558. The first-order valence-electron chi connectivity index (χ1n) is 5.34. The predicted molar refractivity (Wildman–Crippen MR) is 68.2 cm³/mol. The standard InChI is InChI=1S/C12H14N2O2S/c1-13-9(12(15)16-2)7-11-14-8-5-3-4-6-10(8)17-11/h3-6,9,13H,7H2,1-2H3. The highest BCUT2D eigenvalue weighted by Gasteiger charge is 2.19. The number of carbonyl (C=O) groups is 1. The zero-order valence-electron chi connectivity index (χ0n) is 9.77. The van der Waals surface area contributed by atoms with Crippen LogP contribution >= 0.6 is 11.3 Å². The second-order valence-corrected chi connectivity index (χ2v) is 4.76. The molecule has 4 nitrogen and oxygen atoms in total. The summed E-state index contributed by atoms with van der Waals surface area (Å²) < 4.78 is 5.87. The van der Waals surface area contributed by atoms with Gasteiger partial charge in [0.05, 0.1) is 22.3 Å². The van der Waals surface area contributed by atoms with Gasteiger partial charge in [0.2, 0.25) is 0 Å². The first-order chi connectivity index (χ1) is 8.24. The van der Waals surface area contributed by atoms with Crippen LogP contribution in [0.1, 0.15) is 5.01 Å². The molecule has 17 heavy (non-hydrogen) atoms. The highest BCUT2D eigenvalue weighted by Crippen LogP contribution is 2.22. The Labute approximate surface area is 104 Å². The lowest BCUT2D eigenvalue weighted by Crippen LogP contribution is -2.36. The van der Waals surface area contributed by atoms with Crippen molar-refractivity contribution >= 4 is 27.5 Å². The quantitative estimate of drug-likeness (QED) is 0.837. The van der Waals surface area contributed by atoms with Gasteiger partial charge in [-0.15, -0.1) is 11.3 Å². The Morgan fingerprint density at radius 2 is 2.29 bits per heavy atom. The van der Waals surface area contributed by atoms with Gasteiger partial charge < -0.3 is 10.1 Å². The van der Waals surface area contributed by atoms with E-state index in [1.807, 2.05) is 24.3 Å². The highest BCUT2D eigenvalue weighted by molar-refractivity contribution is 7.18. The van der Waals surface area contributed by atoms with Gasteiger partial charge >= 0.3 is 5.97 Å². The number of para-hydroxylation sites is 1. The van der Waals surface area contributed by atoms with Gasteiger partial charge in [-0.25, -0.2) is 4.98 Å². The third-order valence-electron chi connectivity index (χ3n) is 2.55. The number of ether oxygens (including phenoxy) is 1. The van der Waals surface area contributed by atoms with E-state index in [0.717, 1.165) is 15.2 Å². The second-order valence-electron chi connectivity index (χ2n) is 3.64. The summed E-state index contributed by atoms with van der Waals surface area (Å²) in [5.74, 6) is -0.258. The van der Waals surface area contributed by atoms with Crippen LogP contribution in [0.25, 0.3) is 10.2 Å². The third kappa shape index (κ3) is 2.62. The monoisotopic (exact) mass is 250 g/mol. The van der Waals surface area contributed by atoms with Crippen molar-refractivity contribution in [2.45, 2.75) is 12.5 Å². The Morgan fingerprint density at radius 1 is 1.53 bits per heavy atom. The maximum atomic E-state index is 11.5. The van der Waals surface area contributed by atoms with E-state index in [2.05, 4.69) is 10.3 Å². The Bertz CT molecular complexity index is 491. The molecule has 1 atom stereocenters. The maximum absolute atomic E-state index is 11.5. The molecule has 1 aromatic carbocycles. The normalized spacial score (nSPS) is 12.6. The van der Waals surface area contributed by atoms with Crippen LogP contribution in [-0.4, -0.2) is 31.2 Å². The van der Waals surface area contributed by atoms with E-state index in [1.165, 1.54) is 7.11 Å². The molecule has 0 fully saturated rings. The molecule has 0 radical (unpaired) electrons. The molecule has 0 aliphatic carbocycles. The van der Waals surface area contributed by atoms with Crippen molar-refractivity contribution in [3.63, 3.8) is 0 Å². The number of hydrogen-bond donors (Lipinski definition) is 1. The number of aromatic nitrogens is 1. The lowest BCUT2D eigenvalue weighted by atomic mass is 10.2. The number of nitrogens with one attached hydrogen (secondary N) is 1. The summed E-state index contributed by atoms with van der Waals surface area (Å²) in [7, 11) is 3.14. The maximum Gasteiger partial charge on any atom is 0.323 e. The average molecular weight is 250 g/mol. The molecule has 0 bridgehead atoms. The molecular weight excluding hydrogens is 236 g/mol. The van der Waals surface area contributed by atoms with Crippen molar-refractivity contribution in [1.82, 2.24) is 10.3 Å². The summed E-state index contributed by atoms with van der Waals surface area (Å²) in [6, 6.07) is 7.62. The molecule has 1 aromatic heterocycles. The molecule has 0 saturated carbocycles. The first kappa shape index (κ1) is 12.0. The van der Waals surface area contributed by atoms with Crippen molar-refractivity contribution in [2.75, 3.05) is 14.2 Å². The molecule has 1 unspecified atom stereocenters. The van der Waals surface area contributed by atoms with Crippen LogP contribution in [0.5, 0.6) is 0 Å². The largest absolute Gasteiger partial charge is 0.468 e. The summed E-state index contributed by atoms with van der Waals surface area (Å²) in [5.41, 5.74) is 0.979. The van der Waals surface area contributed by atoms with Crippen molar-refractivity contribution < 1.29 is 9.53 Å². The molecule has 2 aromatic rings. The summed E-state index contributed by atoms with van der Waals surface area (Å²) in [5, 5.41) is 3.88. The molecule has 0 saturated heterocycles. The van der Waals surface area contributed by atoms with Crippen LogP contribution in [0.15, 0.2) is 24.3 Å². The lowest BCUT2D eigenvalue weighted by Gasteiger charge is -2.11. The van der Waals surface area contributed by atoms with Gasteiger partial charge in [-0.2, -0.15) is 0 Å². The number of carbonyl (C=O) groups excluding carboxylic acids is 1. The van der Waals surface area contributed by atoms with Crippen molar-refractivity contribution in [3.8, 4) is 0 Å². The number of nitrogens with zero attached hydrogens (tertiary/aromatic N) is 1. The summed E-state index contributed by atoms with van der Waals surface area (Å²) in [6.45, 7) is 0. The van der Waals surface area contributed by atoms with E-state index >= 15 is 0 Å². The first-order valence-corrected chi connectivity index (χ1v) is 6.15. The highest BCUT2D eigenvalue weighted by atomic mass is 32.1. The van der Waals surface area contributed by atoms with Gasteiger partial charge in [0.1, 0.15) is 6.04 Å². The molecular formula is C12H14N2O2S. The lowest BCUT2D eigenvalue weighted by molar-refractivity contribution is -0.142. The number of methoxy groups -OCH3 is 1. The van der Waals surface area contributed by atoms with Gasteiger partial charge in [0.15, 0.2) is 0 Å². The van der Waals surface area contributed by atoms with Crippen LogP contribution in [0.4, 0.5) is 0 Å². The van der Waals surface area contributed by atoms with Gasteiger partial charge in [-0.1, -0.05) is 12.1 Å². The smallest absolute Gasteiger partial charge is 0.323 e. The molecule has 2 rings (SSSR count). The van der Waals surface area contributed by atoms with Crippen LogP contribution in [-0.2, 0) is 16.0 Å². The number of hydrogen-bond acceptors (Lipinski definition) is 5. The van der Waals surface area contributed by atoms with E-state index in [9.17, 15) is 4.79 Å². The van der Waals surface area contributed by atoms with Crippen molar-refractivity contribution in [3.05, 3.63) is 29.3 Å². The molecule has 0 aliphatic rings. The predicted octanol–water partition coefficient (Wildman–Crippen LogP) is 1.60. The summed E-state index contributed by atoms with van der Waals surface area (Å²) >= 11 is 1.61. The molecule has 0 aliphatic heterocycles. The van der Waals surface area contributed by atoms with Crippen LogP contribution in [0.2, 0.25) is 0 Å². The Kier molecular flexibility index (Phi) is 3.71. The number of likely N-dealkylation sites (N-methyl/N-ethyl adjacent to an activating group) is 1. The molecule has 90 valence electrons. The molecule has 5 heteroatoms. The van der Waals surface area contributed by atoms with E-state index in [4.69, 9.17) is 4.74 Å². The van der Waals surface area contributed by atoms with E-state index in [1.54, 1.807) is 18.4 Å². The number of rotatable bonds is 4. The van der Waals surface area contributed by atoms with E-state index in [0.29, 0.717) is 6.42 Å². The molecule has 1 heterocycles. The molecule has 0 amide bonds. The van der Waals surface area contributed by atoms with E-state index in [-0.39, 0.29) is 12.0 Å². The number of fused-ring (bicyclic) bond motifs is 1. The van der Waals surface area contributed by atoms with Gasteiger partial charge in [-0.05, 0) is 19.2 Å².